The minimum Gasteiger partial charge on any atom is -0.507 e. The van der Waals surface area contributed by atoms with Gasteiger partial charge in [-0.15, -0.1) is 34.8 Å². The zero-order chi connectivity index (χ0) is 40.7. The molecule has 1 aliphatic heterocycles. The Hall–Kier alpha value is -5.55. The smallest absolute Gasteiger partial charge is 0.507 e. The third kappa shape index (κ3) is 6.34. The quantitative estimate of drug-likeness (QED) is 0.118. The average molecular weight is 955 g/mol. The zero-order valence-electron chi connectivity index (χ0n) is 35.0. The van der Waals surface area contributed by atoms with E-state index in [-0.39, 0.29) is 21.1 Å². The molecule has 10 rings (SSSR count). The van der Waals surface area contributed by atoms with Gasteiger partial charge in [0.2, 0.25) is 0 Å². The fourth-order valence-corrected chi connectivity index (χ4v) is 9.75. The Morgan fingerprint density at radius 2 is 1.45 bits per heavy atom. The third-order valence-electron chi connectivity index (χ3n) is 11.8. The minimum absolute atomic E-state index is 0. The largest absolute Gasteiger partial charge is 2.00 e. The second-order valence-corrected chi connectivity index (χ2v) is 21.5. The molecule has 5 nitrogen and oxygen atoms in total. The number of ether oxygens (including phenoxy) is 2. The number of benzene rings is 6. The van der Waals surface area contributed by atoms with E-state index in [0.29, 0.717) is 34.3 Å². The molecule has 1 aliphatic carbocycles. The van der Waals surface area contributed by atoms with Gasteiger partial charge in [-0.1, -0.05) is 134 Å². The van der Waals surface area contributed by atoms with E-state index >= 15 is 0 Å². The van der Waals surface area contributed by atoms with Gasteiger partial charge in [0, 0.05) is 31.5 Å². The molecule has 8 aromatic rings. The molecule has 0 fully saturated rings. The molecule has 7 heteroatoms. The summed E-state index contributed by atoms with van der Waals surface area (Å²) in [6.45, 7) is 11.3. The van der Waals surface area contributed by atoms with E-state index in [0.717, 1.165) is 39.4 Å². The summed E-state index contributed by atoms with van der Waals surface area (Å²) in [6, 6.07) is 53.7. The van der Waals surface area contributed by atoms with Crippen LogP contribution in [0.1, 0.15) is 55.5 Å². The van der Waals surface area contributed by atoms with Crippen molar-refractivity contribution in [2.75, 3.05) is 0 Å². The van der Waals surface area contributed by atoms with Crippen molar-refractivity contribution in [2.24, 2.45) is 4.99 Å². The van der Waals surface area contributed by atoms with E-state index in [1.54, 1.807) is 12.3 Å². The van der Waals surface area contributed by atoms with Gasteiger partial charge in [0.15, 0.2) is 0 Å². The van der Waals surface area contributed by atoms with Gasteiger partial charge >= 0.3 is 21.1 Å². The number of para-hydroxylation sites is 1. The molecule has 0 unspecified atom stereocenters. The topological polar surface area (TPSA) is 48.6 Å². The van der Waals surface area contributed by atoms with Gasteiger partial charge in [-0.2, -0.15) is 6.07 Å². The number of aliphatic imine (C=N–C) groups is 1. The SMILES string of the molecule is [2H]C([2H])(c1ccccc1)c1ccnc(-n2c3[c-]c(Oc4[c-]c(C5=N[C@]6(C)c7ccccc7Cc7ccccc7[C@]6(C)O5)cc([Si](C)(C)C)c4)ccc3c3ccccc32)c1.[Pt+2]. The molecular formula is C51H43N3O2PtSi. The van der Waals surface area contributed by atoms with Gasteiger partial charge in [0.1, 0.15) is 22.9 Å². The molecular weight excluding hydrogens is 910 g/mol. The van der Waals surface area contributed by atoms with Gasteiger partial charge in [0.05, 0.1) is 8.07 Å². The maximum absolute atomic E-state index is 9.08. The first-order valence-electron chi connectivity index (χ1n) is 20.5. The van der Waals surface area contributed by atoms with E-state index in [4.69, 9.17) is 22.2 Å². The van der Waals surface area contributed by atoms with E-state index in [1.165, 1.54) is 21.9 Å². The molecule has 0 bridgehead atoms. The molecule has 0 saturated heterocycles. The number of nitrogens with zero attached hydrogens (tertiary/aromatic N) is 3. The summed E-state index contributed by atoms with van der Waals surface area (Å²) in [5.74, 6) is 2.22. The van der Waals surface area contributed by atoms with Crippen LogP contribution in [0.15, 0.2) is 151 Å². The molecule has 0 N–H and O–H groups in total. The number of hydrogen-bond acceptors (Lipinski definition) is 4. The van der Waals surface area contributed by atoms with Crippen LogP contribution in [0.5, 0.6) is 11.5 Å². The second kappa shape index (κ2) is 14.4. The Bertz CT molecular complexity index is 3000. The fourth-order valence-electron chi connectivity index (χ4n) is 8.61. The van der Waals surface area contributed by atoms with E-state index < -0.39 is 25.6 Å². The molecule has 288 valence electrons. The number of pyridine rings is 1. The normalized spacial score (nSPS) is 19.1. The van der Waals surface area contributed by atoms with Gasteiger partial charge in [-0.05, 0) is 78.0 Å². The van der Waals surface area contributed by atoms with Crippen LogP contribution >= 0.6 is 0 Å². The maximum atomic E-state index is 9.08. The number of aromatic nitrogens is 2. The van der Waals surface area contributed by atoms with Crippen molar-refractivity contribution in [1.82, 2.24) is 9.55 Å². The Balaban J connectivity index is 0.00000462. The third-order valence-corrected chi connectivity index (χ3v) is 13.8. The number of hydrogen-bond donors (Lipinski definition) is 0. The molecule has 0 saturated carbocycles. The molecule has 0 spiro atoms. The first-order chi connectivity index (χ1) is 28.3. The molecule has 2 aliphatic rings. The molecule has 2 aromatic heterocycles. The van der Waals surface area contributed by atoms with Crippen molar-refractivity contribution in [3.8, 4) is 17.3 Å². The van der Waals surface area contributed by atoms with Crippen molar-refractivity contribution >= 4 is 41.0 Å². The van der Waals surface area contributed by atoms with E-state index in [2.05, 4.69) is 124 Å². The Kier molecular flexibility index (Phi) is 8.82. The molecule has 6 aromatic carbocycles. The van der Waals surface area contributed by atoms with Crippen LogP contribution < -0.4 is 9.92 Å². The van der Waals surface area contributed by atoms with Gasteiger partial charge in [-0.25, -0.2) is 4.98 Å². The van der Waals surface area contributed by atoms with Crippen LogP contribution in [-0.4, -0.2) is 23.5 Å². The standard InChI is InChI=1S/C51H43N3O2Si.Pt/c1-50-44-20-12-9-17-36(44)29-37-18-10-13-21-45(37)51(50,2)56-49(53-50)38-30-40(32-41(31-38)57(3,4)5)55-39-23-24-43-42-19-11-14-22-46(42)54(47(43)33-39)48-28-35(25-26-52-48)27-34-15-7-6-8-16-34;/h6-26,28,31-32H,27,29H2,1-5H3;/q-2;+2/t50-,51+;/m1./s1/i27D2;. The summed E-state index contributed by atoms with van der Waals surface area (Å²) in [5, 5.41) is 3.22. The van der Waals surface area contributed by atoms with Gasteiger partial charge in [0.25, 0.3) is 0 Å². The average Bonchev–Trinajstić information content (AvgIpc) is 3.70. The van der Waals surface area contributed by atoms with E-state index in [1.807, 2.05) is 59.2 Å². The first-order valence-corrected chi connectivity index (χ1v) is 23.0. The van der Waals surface area contributed by atoms with Gasteiger partial charge in [-0.3, -0.25) is 4.99 Å². The molecule has 3 heterocycles. The summed E-state index contributed by atoms with van der Waals surface area (Å²) in [4.78, 5) is 10.3. The molecule has 2 atom stereocenters. The monoisotopic (exact) mass is 954 g/mol. The van der Waals surface area contributed by atoms with Crippen LogP contribution in [0.3, 0.4) is 0 Å². The number of fused-ring (bicyclic) bond motifs is 8. The fraction of sp³-hybridized carbons (Fsp3) is 0.176. The predicted molar refractivity (Wildman–Crippen MR) is 233 cm³/mol. The van der Waals surface area contributed by atoms with Crippen molar-refractivity contribution in [1.29, 1.82) is 0 Å². The minimum atomic E-state index is -1.89. The summed E-state index contributed by atoms with van der Waals surface area (Å²) >= 11 is 0. The van der Waals surface area contributed by atoms with Crippen LogP contribution in [0, 0.1) is 12.1 Å². The summed E-state index contributed by atoms with van der Waals surface area (Å²) in [7, 11) is -1.89. The van der Waals surface area contributed by atoms with Crippen LogP contribution in [0.4, 0.5) is 0 Å². The summed E-state index contributed by atoms with van der Waals surface area (Å²) in [6.07, 6.45) is 0.774. The molecule has 58 heavy (non-hydrogen) atoms. The molecule has 0 radical (unpaired) electrons. The summed E-state index contributed by atoms with van der Waals surface area (Å²) < 4.78 is 34.1. The van der Waals surface area contributed by atoms with Gasteiger partial charge < -0.3 is 14.0 Å². The second-order valence-electron chi connectivity index (χ2n) is 16.4. The van der Waals surface area contributed by atoms with Crippen molar-refractivity contribution in [3.05, 3.63) is 197 Å². The van der Waals surface area contributed by atoms with Crippen molar-refractivity contribution in [3.63, 3.8) is 0 Å². The van der Waals surface area contributed by atoms with E-state index in [9.17, 15) is 0 Å². The van der Waals surface area contributed by atoms with Crippen LogP contribution in [0.2, 0.25) is 19.6 Å². The van der Waals surface area contributed by atoms with Crippen molar-refractivity contribution < 1.29 is 33.3 Å². The molecule has 0 amide bonds. The van der Waals surface area contributed by atoms with Crippen LogP contribution in [-0.2, 0) is 49.7 Å². The van der Waals surface area contributed by atoms with Crippen molar-refractivity contribution in [2.45, 2.75) is 57.4 Å². The first kappa shape index (κ1) is 35.6. The van der Waals surface area contributed by atoms with Crippen LogP contribution in [0.25, 0.3) is 27.6 Å². The Morgan fingerprint density at radius 1 is 0.741 bits per heavy atom. The Morgan fingerprint density at radius 3 is 2.24 bits per heavy atom. The Labute approximate surface area is 358 Å². The zero-order valence-corrected chi connectivity index (χ0v) is 36.3. The maximum Gasteiger partial charge on any atom is 2.00 e. The predicted octanol–water partition coefficient (Wildman–Crippen LogP) is 11.2. The summed E-state index contributed by atoms with van der Waals surface area (Å²) in [5.41, 5.74) is 6.93. The number of rotatable bonds is 7.